The van der Waals surface area contributed by atoms with E-state index in [0.717, 1.165) is 5.82 Å². The Bertz CT molecular complexity index is 402. The van der Waals surface area contributed by atoms with Crippen molar-refractivity contribution in [3.05, 3.63) is 5.82 Å². The van der Waals surface area contributed by atoms with E-state index < -0.39 is 0 Å². The molecule has 1 aromatic rings. The molecule has 1 rings (SSSR count). The van der Waals surface area contributed by atoms with Gasteiger partial charge < -0.3 is 9.26 Å². The Kier molecular flexibility index (Phi) is 5.19. The van der Waals surface area contributed by atoms with Crippen LogP contribution < -0.4 is 5.90 Å². The van der Waals surface area contributed by atoms with E-state index in [9.17, 15) is 0 Å². The summed E-state index contributed by atoms with van der Waals surface area (Å²) in [6, 6.07) is 0. The fourth-order valence-corrected chi connectivity index (χ4v) is 4.10. The summed E-state index contributed by atoms with van der Waals surface area (Å²) in [7, 11) is 0.672. The van der Waals surface area contributed by atoms with Gasteiger partial charge in [-0.3, -0.25) is 0 Å². The lowest BCUT2D eigenvalue weighted by atomic mass is 9.72. The highest BCUT2D eigenvalue weighted by atomic mass is 28.2. The molecule has 0 aliphatic carbocycles. The second kappa shape index (κ2) is 6.08. The standard InChI is InChI=1S/C11H25N5O2Si/c1-10(2,3)8(18-19)11(4,5)9-13-14-15-16(9)6-7-17-12/h8H,6-7,12H2,1-5,19H3. The molecule has 19 heavy (non-hydrogen) atoms. The van der Waals surface area contributed by atoms with Crippen LogP contribution in [-0.2, 0) is 21.2 Å². The molecule has 1 heterocycles. The second-order valence-electron chi connectivity index (χ2n) is 6.30. The van der Waals surface area contributed by atoms with Crippen LogP contribution in [0.2, 0.25) is 0 Å². The topological polar surface area (TPSA) is 88.1 Å². The number of nitrogens with zero attached hydrogens (tertiary/aromatic N) is 4. The maximum Gasteiger partial charge on any atom is 0.159 e. The number of hydrogen-bond acceptors (Lipinski definition) is 6. The highest BCUT2D eigenvalue weighted by Gasteiger charge is 2.42. The van der Waals surface area contributed by atoms with Gasteiger partial charge in [0.2, 0.25) is 0 Å². The summed E-state index contributed by atoms with van der Waals surface area (Å²) < 4.78 is 7.57. The molecule has 0 aromatic carbocycles. The number of rotatable bonds is 6. The van der Waals surface area contributed by atoms with Crippen molar-refractivity contribution in [1.82, 2.24) is 20.2 Å². The van der Waals surface area contributed by atoms with E-state index in [4.69, 9.17) is 10.3 Å². The lowest BCUT2D eigenvalue weighted by Crippen LogP contribution is -2.46. The van der Waals surface area contributed by atoms with E-state index in [1.54, 1.807) is 4.68 Å². The van der Waals surface area contributed by atoms with Gasteiger partial charge in [0.15, 0.2) is 5.82 Å². The fraction of sp³-hybridized carbons (Fsp3) is 0.909. The van der Waals surface area contributed by atoms with Gasteiger partial charge in [0, 0.05) is 0 Å². The van der Waals surface area contributed by atoms with Crippen molar-refractivity contribution in [2.45, 2.75) is 52.7 Å². The van der Waals surface area contributed by atoms with Crippen molar-refractivity contribution in [3.63, 3.8) is 0 Å². The molecule has 1 atom stereocenters. The first-order valence-electron chi connectivity index (χ1n) is 6.36. The van der Waals surface area contributed by atoms with E-state index >= 15 is 0 Å². The first kappa shape index (κ1) is 16.2. The summed E-state index contributed by atoms with van der Waals surface area (Å²) in [5.41, 5.74) is -0.287. The van der Waals surface area contributed by atoms with Crippen LogP contribution in [0.5, 0.6) is 0 Å². The zero-order valence-corrected chi connectivity index (χ0v) is 14.7. The predicted molar refractivity (Wildman–Crippen MR) is 75.2 cm³/mol. The van der Waals surface area contributed by atoms with Gasteiger partial charge in [-0.25, -0.2) is 10.6 Å². The molecule has 0 saturated carbocycles. The molecule has 0 bridgehead atoms. The average molecular weight is 287 g/mol. The number of tetrazole rings is 1. The van der Waals surface area contributed by atoms with Crippen molar-refractivity contribution in [3.8, 4) is 0 Å². The summed E-state index contributed by atoms with van der Waals surface area (Å²) in [4.78, 5) is 4.60. The van der Waals surface area contributed by atoms with Crippen molar-refractivity contribution >= 4 is 10.5 Å². The van der Waals surface area contributed by atoms with E-state index in [0.29, 0.717) is 23.6 Å². The van der Waals surface area contributed by atoms with Gasteiger partial charge in [-0.1, -0.05) is 34.6 Å². The molecule has 0 amide bonds. The molecular formula is C11H25N5O2Si. The van der Waals surface area contributed by atoms with Gasteiger partial charge in [0.25, 0.3) is 0 Å². The largest absolute Gasteiger partial charge is 0.424 e. The smallest absolute Gasteiger partial charge is 0.159 e. The first-order valence-corrected chi connectivity index (χ1v) is 7.18. The maximum absolute atomic E-state index is 5.84. The zero-order valence-electron chi connectivity index (χ0n) is 12.7. The Labute approximate surface area is 117 Å². The van der Waals surface area contributed by atoms with Crippen LogP contribution in [0.1, 0.15) is 40.4 Å². The minimum atomic E-state index is -0.294. The number of aromatic nitrogens is 4. The van der Waals surface area contributed by atoms with Crippen LogP contribution in [-0.4, -0.2) is 43.4 Å². The molecule has 0 radical (unpaired) electrons. The minimum Gasteiger partial charge on any atom is -0.424 e. The molecule has 1 aromatic heterocycles. The quantitative estimate of drug-likeness (QED) is 0.563. The highest BCUT2D eigenvalue weighted by molar-refractivity contribution is 5.98. The third-order valence-electron chi connectivity index (χ3n) is 3.21. The monoisotopic (exact) mass is 287 g/mol. The number of nitrogens with two attached hydrogens (primary N) is 1. The molecule has 2 N–H and O–H groups in total. The summed E-state index contributed by atoms with van der Waals surface area (Å²) in [6.45, 7) is 11.6. The Morgan fingerprint density at radius 1 is 1.32 bits per heavy atom. The normalized spacial score (nSPS) is 14.8. The summed E-state index contributed by atoms with van der Waals surface area (Å²) >= 11 is 0. The van der Waals surface area contributed by atoms with Crippen molar-refractivity contribution in [1.29, 1.82) is 0 Å². The summed E-state index contributed by atoms with van der Waals surface area (Å²) in [5, 5.41) is 11.9. The highest BCUT2D eigenvalue weighted by Crippen LogP contribution is 2.37. The molecule has 110 valence electrons. The molecule has 1 unspecified atom stereocenters. The zero-order chi connectivity index (χ0) is 14.7. The molecule has 0 fully saturated rings. The Balaban J connectivity index is 3.08. The van der Waals surface area contributed by atoms with Gasteiger partial charge >= 0.3 is 0 Å². The Hall–Kier alpha value is -0.833. The molecule has 0 aliphatic rings. The van der Waals surface area contributed by atoms with Gasteiger partial charge in [-0.05, 0) is 15.8 Å². The minimum absolute atomic E-state index is 0.00635. The van der Waals surface area contributed by atoms with E-state index in [2.05, 4.69) is 55.0 Å². The third-order valence-corrected chi connectivity index (χ3v) is 3.68. The molecule has 8 heteroatoms. The van der Waals surface area contributed by atoms with Gasteiger partial charge in [-0.2, -0.15) is 0 Å². The van der Waals surface area contributed by atoms with Crippen LogP contribution in [0, 0.1) is 5.41 Å². The van der Waals surface area contributed by atoms with Crippen LogP contribution in [0.4, 0.5) is 0 Å². The Morgan fingerprint density at radius 3 is 2.42 bits per heavy atom. The van der Waals surface area contributed by atoms with Gasteiger partial charge in [-0.15, -0.1) is 5.10 Å². The summed E-state index contributed by atoms with van der Waals surface area (Å²) in [6.07, 6.45) is 0.0372. The van der Waals surface area contributed by atoms with Gasteiger partial charge in [0.1, 0.15) is 10.5 Å². The maximum atomic E-state index is 5.84. The van der Waals surface area contributed by atoms with Crippen LogP contribution in [0.15, 0.2) is 0 Å². The first-order chi connectivity index (χ1) is 8.75. The molecule has 7 nitrogen and oxygen atoms in total. The van der Waals surface area contributed by atoms with Crippen LogP contribution in [0.3, 0.4) is 0 Å². The SMILES string of the molecule is CC(C)(C)C(O[SiH3])C(C)(C)c1nnnn1CCON. The van der Waals surface area contributed by atoms with Crippen molar-refractivity contribution in [2.24, 2.45) is 11.3 Å². The molecule has 0 saturated heterocycles. The average Bonchev–Trinajstić information content (AvgIpc) is 2.73. The molecule has 0 spiro atoms. The van der Waals surface area contributed by atoms with Crippen LogP contribution >= 0.6 is 0 Å². The predicted octanol–water partition coefficient (Wildman–Crippen LogP) is -0.447. The van der Waals surface area contributed by atoms with E-state index in [1.165, 1.54) is 0 Å². The van der Waals surface area contributed by atoms with E-state index in [1.807, 2.05) is 0 Å². The van der Waals surface area contributed by atoms with Crippen LogP contribution in [0.25, 0.3) is 0 Å². The lowest BCUT2D eigenvalue weighted by molar-refractivity contribution is 0.0280. The fourth-order valence-electron chi connectivity index (χ4n) is 2.80. The Morgan fingerprint density at radius 2 is 1.95 bits per heavy atom. The van der Waals surface area contributed by atoms with E-state index in [-0.39, 0.29) is 16.9 Å². The number of hydrogen-bond donors (Lipinski definition) is 1. The second-order valence-corrected chi connectivity index (χ2v) is 6.77. The van der Waals surface area contributed by atoms with Crippen molar-refractivity contribution in [2.75, 3.05) is 6.61 Å². The van der Waals surface area contributed by atoms with Gasteiger partial charge in [0.05, 0.1) is 24.7 Å². The molecular weight excluding hydrogens is 262 g/mol. The lowest BCUT2D eigenvalue weighted by Gasteiger charge is -2.41. The molecule has 0 aliphatic heterocycles. The third kappa shape index (κ3) is 3.59. The summed E-state index contributed by atoms with van der Waals surface area (Å²) in [5.74, 6) is 5.85. The van der Waals surface area contributed by atoms with Crippen molar-refractivity contribution < 1.29 is 9.26 Å².